The molecule has 2 unspecified atom stereocenters. The lowest BCUT2D eigenvalue weighted by molar-refractivity contribution is 0.00190. The number of aromatic nitrogens is 1. The van der Waals surface area contributed by atoms with Gasteiger partial charge in [-0.2, -0.15) is 0 Å². The van der Waals surface area contributed by atoms with Crippen LogP contribution in [0.2, 0.25) is 5.02 Å². The molecule has 4 N–H and O–H groups in total. The number of thiophene rings is 1. The Morgan fingerprint density at radius 3 is 2.47 bits per heavy atom. The van der Waals surface area contributed by atoms with Crippen molar-refractivity contribution >= 4 is 44.5 Å². The molecule has 12 heteroatoms. The molecule has 0 saturated carbocycles. The number of sulfonamides is 1. The van der Waals surface area contributed by atoms with Crippen LogP contribution in [0, 0.1) is 26.2 Å². The second-order valence-electron chi connectivity index (χ2n) is 10.1. The van der Waals surface area contributed by atoms with E-state index in [4.69, 9.17) is 16.1 Å². The number of halogens is 1. The lowest BCUT2D eigenvalue weighted by atomic mass is 9.95. The fourth-order valence-electron chi connectivity index (χ4n) is 4.01. The van der Waals surface area contributed by atoms with Crippen LogP contribution in [0.15, 0.2) is 33.0 Å². The van der Waals surface area contributed by atoms with E-state index in [1.54, 1.807) is 12.3 Å². The molecule has 0 bridgehead atoms. The number of nitrogens with zero attached hydrogens (tertiary/aromatic N) is 2. The third-order valence-corrected chi connectivity index (χ3v) is 8.36. The van der Waals surface area contributed by atoms with Crippen LogP contribution in [0.1, 0.15) is 60.5 Å². The van der Waals surface area contributed by atoms with Crippen LogP contribution in [-0.2, 0) is 10.0 Å². The first kappa shape index (κ1) is 28.4. The van der Waals surface area contributed by atoms with E-state index >= 15 is 0 Å². The smallest absolute Gasteiger partial charge is 0.265 e. The Bertz CT molecular complexity index is 1330. The molecule has 0 aliphatic carbocycles. The van der Waals surface area contributed by atoms with Gasteiger partial charge >= 0.3 is 0 Å². The molecular weight excluding hydrogens is 524 g/mol. The first-order chi connectivity index (χ1) is 16.6. The monoisotopic (exact) mass is 556 g/mol. The van der Waals surface area contributed by atoms with Crippen LogP contribution in [0.4, 0.5) is 11.6 Å². The van der Waals surface area contributed by atoms with Crippen molar-refractivity contribution in [2.24, 2.45) is 5.41 Å². The molecule has 3 rings (SSSR count). The van der Waals surface area contributed by atoms with Gasteiger partial charge in [0.15, 0.2) is 6.23 Å². The van der Waals surface area contributed by atoms with Gasteiger partial charge in [0.25, 0.3) is 15.9 Å². The van der Waals surface area contributed by atoms with Crippen molar-refractivity contribution in [3.8, 4) is 0 Å². The fourth-order valence-corrected chi connectivity index (χ4v) is 6.58. The minimum atomic E-state index is -4.14. The molecule has 3 aromatic rings. The predicted octanol–water partition coefficient (Wildman–Crippen LogP) is 5.19. The normalized spacial score (nSPS) is 14.2. The van der Waals surface area contributed by atoms with Crippen molar-refractivity contribution in [1.82, 2.24) is 10.1 Å². The predicted molar refractivity (Wildman–Crippen MR) is 143 cm³/mol. The first-order valence-electron chi connectivity index (χ1n) is 11.3. The van der Waals surface area contributed by atoms with Gasteiger partial charge in [0.05, 0.1) is 4.88 Å². The van der Waals surface area contributed by atoms with Gasteiger partial charge in [0.2, 0.25) is 0 Å². The molecule has 2 heterocycles. The Morgan fingerprint density at radius 2 is 1.89 bits per heavy atom. The summed E-state index contributed by atoms with van der Waals surface area (Å²) in [5.74, 6) is -0.199. The van der Waals surface area contributed by atoms with E-state index in [1.807, 2.05) is 37.9 Å². The van der Waals surface area contributed by atoms with E-state index in [9.17, 15) is 18.6 Å². The number of aliphatic hydroxyl groups excluding tert-OH is 2. The number of aryl methyl sites for hydroxylation is 3. The Kier molecular flexibility index (Phi) is 8.43. The highest BCUT2D eigenvalue weighted by molar-refractivity contribution is 7.93. The van der Waals surface area contributed by atoms with Gasteiger partial charge in [-0.3, -0.25) is 4.90 Å². The number of rotatable bonds is 9. The first-order valence-corrected chi connectivity index (χ1v) is 14.0. The summed E-state index contributed by atoms with van der Waals surface area (Å²) >= 11 is 7.14. The molecule has 198 valence electrons. The number of hydrogen-bond donors (Lipinski definition) is 4. The number of hydrogen-bond acceptors (Lipinski definition) is 9. The van der Waals surface area contributed by atoms with Gasteiger partial charge in [-0.1, -0.05) is 55.2 Å². The highest BCUT2D eigenvalue weighted by atomic mass is 35.5. The molecule has 0 aliphatic rings. The molecule has 0 aliphatic heterocycles. The zero-order valence-electron chi connectivity index (χ0n) is 21.4. The summed E-state index contributed by atoms with van der Waals surface area (Å²) in [6, 6.07) is 5.17. The third kappa shape index (κ3) is 6.39. The molecule has 0 spiro atoms. The SMILES string of the molecule is Cc1cc(C)c(NC(O)c2sccc2S(=O)(=O)Nc2onc(C)c2Cl)c(C(O)N(C)CC(C)(C)C)c1. The van der Waals surface area contributed by atoms with Crippen molar-refractivity contribution in [2.45, 2.75) is 58.9 Å². The summed E-state index contributed by atoms with van der Waals surface area (Å²) < 4.78 is 33.4. The van der Waals surface area contributed by atoms with Crippen LogP contribution in [-0.4, -0.2) is 42.3 Å². The maximum absolute atomic E-state index is 13.1. The summed E-state index contributed by atoms with van der Waals surface area (Å²) in [7, 11) is -2.31. The van der Waals surface area contributed by atoms with Crippen molar-refractivity contribution < 1.29 is 23.2 Å². The Morgan fingerprint density at radius 1 is 1.22 bits per heavy atom. The second-order valence-corrected chi connectivity index (χ2v) is 13.1. The lowest BCUT2D eigenvalue weighted by Crippen LogP contribution is -2.33. The quantitative estimate of drug-likeness (QED) is 0.265. The maximum Gasteiger partial charge on any atom is 0.265 e. The maximum atomic E-state index is 13.1. The molecule has 9 nitrogen and oxygen atoms in total. The molecule has 0 amide bonds. The lowest BCUT2D eigenvalue weighted by Gasteiger charge is -2.32. The summed E-state index contributed by atoms with van der Waals surface area (Å²) in [6.45, 7) is 12.3. The van der Waals surface area contributed by atoms with Crippen LogP contribution in [0.25, 0.3) is 0 Å². The Balaban J connectivity index is 1.93. The van der Waals surface area contributed by atoms with E-state index < -0.39 is 22.5 Å². The van der Waals surface area contributed by atoms with E-state index in [1.165, 1.54) is 6.07 Å². The highest BCUT2D eigenvalue weighted by Crippen LogP contribution is 2.36. The molecule has 36 heavy (non-hydrogen) atoms. The highest BCUT2D eigenvalue weighted by Gasteiger charge is 2.29. The van der Waals surface area contributed by atoms with Gasteiger partial charge in [-0.15, -0.1) is 11.3 Å². The minimum Gasteiger partial charge on any atom is -0.374 e. The molecule has 0 saturated heterocycles. The molecule has 1 aromatic carbocycles. The topological polar surface area (TPSA) is 128 Å². The largest absolute Gasteiger partial charge is 0.374 e. The van der Waals surface area contributed by atoms with Gasteiger partial charge in [-0.25, -0.2) is 13.1 Å². The van der Waals surface area contributed by atoms with E-state index in [0.29, 0.717) is 23.5 Å². The Hall–Kier alpha value is -2.15. The zero-order chi connectivity index (χ0) is 27.0. The number of aliphatic hydroxyl groups is 2. The molecule has 0 fully saturated rings. The summed E-state index contributed by atoms with van der Waals surface area (Å²) in [6.07, 6.45) is -2.31. The number of anilines is 2. The average Bonchev–Trinajstić information content (AvgIpc) is 3.37. The summed E-state index contributed by atoms with van der Waals surface area (Å²) in [5.41, 5.74) is 3.17. The third-order valence-electron chi connectivity index (χ3n) is 5.42. The van der Waals surface area contributed by atoms with Crippen molar-refractivity contribution in [3.05, 3.63) is 55.9 Å². The van der Waals surface area contributed by atoms with E-state index in [0.717, 1.165) is 22.5 Å². The average molecular weight is 557 g/mol. The van der Waals surface area contributed by atoms with Gasteiger partial charge in [0, 0.05) is 17.8 Å². The minimum absolute atomic E-state index is 0.0418. The molecule has 2 aromatic heterocycles. The summed E-state index contributed by atoms with van der Waals surface area (Å²) in [4.78, 5) is 1.87. The second kappa shape index (κ2) is 10.7. The van der Waals surface area contributed by atoms with E-state index in [-0.39, 0.29) is 26.1 Å². The van der Waals surface area contributed by atoms with Crippen LogP contribution < -0.4 is 10.0 Å². The van der Waals surface area contributed by atoms with Crippen LogP contribution in [0.3, 0.4) is 0 Å². The van der Waals surface area contributed by atoms with Crippen LogP contribution in [0.5, 0.6) is 0 Å². The zero-order valence-corrected chi connectivity index (χ0v) is 23.8. The fraction of sp³-hybridized carbons (Fsp3) is 0.458. The standard InChI is InChI=1S/C24H33ClN4O5S2/c1-13-10-14(2)19(16(11-13)23(31)29(7)12-24(4,5)6)26-21(30)20-17(8-9-35-20)36(32,33)28-22-18(25)15(3)27-34-22/h8-11,21,23,26,28,30-31H,12H2,1-7H3. The van der Waals surface area contributed by atoms with Gasteiger partial charge in [-0.05, 0) is 50.2 Å². The molecular formula is C24H33ClN4O5S2. The van der Waals surface area contributed by atoms with Crippen molar-refractivity contribution in [3.63, 3.8) is 0 Å². The molecule has 2 atom stereocenters. The van der Waals surface area contributed by atoms with Gasteiger partial charge < -0.3 is 20.1 Å². The summed E-state index contributed by atoms with van der Waals surface area (Å²) in [5, 5.41) is 30.6. The Labute approximate surface area is 221 Å². The number of benzene rings is 1. The van der Waals surface area contributed by atoms with Crippen LogP contribution >= 0.6 is 22.9 Å². The number of nitrogens with one attached hydrogen (secondary N) is 2. The van der Waals surface area contributed by atoms with Gasteiger partial charge in [0.1, 0.15) is 21.8 Å². The molecule has 0 radical (unpaired) electrons. The van der Waals surface area contributed by atoms with Crippen molar-refractivity contribution in [1.29, 1.82) is 0 Å². The van der Waals surface area contributed by atoms with E-state index in [2.05, 4.69) is 36.0 Å². The van der Waals surface area contributed by atoms with Crippen molar-refractivity contribution in [2.75, 3.05) is 23.6 Å².